The summed E-state index contributed by atoms with van der Waals surface area (Å²) in [6.07, 6.45) is 1.53. The summed E-state index contributed by atoms with van der Waals surface area (Å²) in [5, 5.41) is 13.2. The number of anilines is 1. The van der Waals surface area contributed by atoms with E-state index in [1.165, 1.54) is 6.08 Å². The number of carbonyl (C=O) groups excluding carboxylic acids is 1. The fourth-order valence-electron chi connectivity index (χ4n) is 2.51. The van der Waals surface area contributed by atoms with Crippen LogP contribution < -0.4 is 10.1 Å². The van der Waals surface area contributed by atoms with E-state index in [0.717, 1.165) is 9.13 Å². The summed E-state index contributed by atoms with van der Waals surface area (Å²) in [5.41, 5.74) is 2.17. The zero-order valence-electron chi connectivity index (χ0n) is 15.5. The van der Waals surface area contributed by atoms with Crippen molar-refractivity contribution in [3.8, 4) is 11.8 Å². The molecule has 0 bridgehead atoms. The smallest absolute Gasteiger partial charge is 0.266 e. The Balaban J connectivity index is 1.65. The first-order valence-corrected chi connectivity index (χ1v) is 10.6. The number of ether oxygens (including phenoxy) is 1. The van der Waals surface area contributed by atoms with Crippen LogP contribution in [0.5, 0.6) is 5.75 Å². The molecule has 0 aliphatic carbocycles. The minimum absolute atomic E-state index is 0.00941. The molecular weight excluding hydrogens is 534 g/mol. The van der Waals surface area contributed by atoms with E-state index < -0.39 is 5.91 Å². The molecule has 150 valence electrons. The molecule has 3 aromatic rings. The van der Waals surface area contributed by atoms with Gasteiger partial charge in [0.2, 0.25) is 0 Å². The van der Waals surface area contributed by atoms with Crippen LogP contribution in [0.25, 0.3) is 6.08 Å². The van der Waals surface area contributed by atoms with Crippen LogP contribution in [0, 0.1) is 14.9 Å². The number of amides is 1. The van der Waals surface area contributed by atoms with Gasteiger partial charge in [-0.3, -0.25) is 4.79 Å². The lowest BCUT2D eigenvalue weighted by Gasteiger charge is -2.08. The molecule has 4 nitrogen and oxygen atoms in total. The highest BCUT2D eigenvalue weighted by molar-refractivity contribution is 14.1. The number of benzene rings is 3. The molecule has 0 aliphatic heterocycles. The maximum Gasteiger partial charge on any atom is 0.266 e. The van der Waals surface area contributed by atoms with Gasteiger partial charge in [0.05, 0.1) is 0 Å². The average Bonchev–Trinajstić information content (AvgIpc) is 2.74. The van der Waals surface area contributed by atoms with Gasteiger partial charge in [-0.25, -0.2) is 0 Å². The minimum Gasteiger partial charge on any atom is -0.489 e. The first-order valence-electron chi connectivity index (χ1n) is 8.80. The number of halogens is 3. The number of carbonyl (C=O) groups is 1. The Morgan fingerprint density at radius 2 is 1.77 bits per heavy atom. The average molecular weight is 549 g/mol. The Morgan fingerprint density at radius 3 is 2.40 bits per heavy atom. The zero-order valence-corrected chi connectivity index (χ0v) is 19.2. The van der Waals surface area contributed by atoms with Gasteiger partial charge in [0.25, 0.3) is 5.91 Å². The van der Waals surface area contributed by atoms with E-state index in [1.54, 1.807) is 48.5 Å². The topological polar surface area (TPSA) is 62.1 Å². The van der Waals surface area contributed by atoms with E-state index in [-0.39, 0.29) is 5.57 Å². The Labute approximate surface area is 198 Å². The largest absolute Gasteiger partial charge is 0.489 e. The fourth-order valence-corrected chi connectivity index (χ4v) is 3.33. The maximum atomic E-state index is 12.4. The summed E-state index contributed by atoms with van der Waals surface area (Å²) in [4.78, 5) is 12.4. The van der Waals surface area contributed by atoms with Crippen molar-refractivity contribution in [1.82, 2.24) is 0 Å². The van der Waals surface area contributed by atoms with Crippen LogP contribution in [0.3, 0.4) is 0 Å². The van der Waals surface area contributed by atoms with Crippen molar-refractivity contribution in [2.24, 2.45) is 0 Å². The third-order valence-electron chi connectivity index (χ3n) is 4.07. The normalized spacial score (nSPS) is 10.9. The highest BCUT2D eigenvalue weighted by Crippen LogP contribution is 2.23. The lowest BCUT2D eigenvalue weighted by atomic mass is 10.1. The lowest BCUT2D eigenvalue weighted by molar-refractivity contribution is -0.112. The molecule has 0 radical (unpaired) electrons. The molecule has 7 heteroatoms. The predicted octanol–water partition coefficient (Wildman–Crippen LogP) is 6.72. The Morgan fingerprint density at radius 1 is 1.07 bits per heavy atom. The summed E-state index contributed by atoms with van der Waals surface area (Å²) in [6, 6.07) is 21.6. The maximum absolute atomic E-state index is 12.4. The molecule has 1 N–H and O–H groups in total. The summed E-state index contributed by atoms with van der Waals surface area (Å²) in [5.74, 6) is 0.177. The van der Waals surface area contributed by atoms with E-state index in [2.05, 4.69) is 27.9 Å². The van der Waals surface area contributed by atoms with Gasteiger partial charge in [-0.15, -0.1) is 0 Å². The SMILES string of the molecule is N#C/C(=C\c1ccc(OCc2ccc(Cl)cc2Cl)cc1)C(=O)Nc1ccc(I)cc1. The van der Waals surface area contributed by atoms with Crippen molar-refractivity contribution < 1.29 is 9.53 Å². The van der Waals surface area contributed by atoms with Crippen LogP contribution in [-0.2, 0) is 11.4 Å². The molecule has 0 aliphatic rings. The second-order valence-corrected chi connectivity index (χ2v) is 8.31. The van der Waals surface area contributed by atoms with Crippen molar-refractivity contribution >= 4 is 63.5 Å². The van der Waals surface area contributed by atoms with Gasteiger partial charge in [-0.2, -0.15) is 5.26 Å². The van der Waals surface area contributed by atoms with Crippen LogP contribution in [0.4, 0.5) is 5.69 Å². The van der Waals surface area contributed by atoms with Gasteiger partial charge in [-0.05, 0) is 82.8 Å². The van der Waals surface area contributed by atoms with Gasteiger partial charge < -0.3 is 10.1 Å². The number of rotatable bonds is 6. The van der Waals surface area contributed by atoms with Crippen LogP contribution in [-0.4, -0.2) is 5.91 Å². The van der Waals surface area contributed by atoms with Crippen molar-refractivity contribution in [3.05, 3.63) is 97.0 Å². The highest BCUT2D eigenvalue weighted by Gasteiger charge is 2.10. The van der Waals surface area contributed by atoms with E-state index in [9.17, 15) is 10.1 Å². The highest BCUT2D eigenvalue weighted by atomic mass is 127. The molecule has 0 saturated carbocycles. The van der Waals surface area contributed by atoms with E-state index >= 15 is 0 Å². The zero-order chi connectivity index (χ0) is 21.5. The molecule has 0 fully saturated rings. The fraction of sp³-hybridized carbons (Fsp3) is 0.0435. The number of nitrogens with one attached hydrogen (secondary N) is 1. The standard InChI is InChI=1S/C23H15Cl2IN2O2/c24-18-4-3-16(22(25)12-18)14-30-21-9-1-15(2-10-21)11-17(13-27)23(29)28-20-7-5-19(26)6-8-20/h1-12H,14H2,(H,28,29)/b17-11+. The van der Waals surface area contributed by atoms with Gasteiger partial charge in [0, 0.05) is 24.9 Å². The summed E-state index contributed by atoms with van der Waals surface area (Å²) >= 11 is 14.2. The van der Waals surface area contributed by atoms with Crippen LogP contribution in [0.15, 0.2) is 72.3 Å². The van der Waals surface area contributed by atoms with E-state index in [4.69, 9.17) is 27.9 Å². The quantitative estimate of drug-likeness (QED) is 0.211. The van der Waals surface area contributed by atoms with Crippen LogP contribution in [0.2, 0.25) is 10.0 Å². The molecule has 30 heavy (non-hydrogen) atoms. The summed E-state index contributed by atoms with van der Waals surface area (Å²) < 4.78 is 6.80. The van der Waals surface area contributed by atoms with E-state index in [1.807, 2.05) is 24.3 Å². The summed E-state index contributed by atoms with van der Waals surface area (Å²) in [7, 11) is 0. The van der Waals surface area contributed by atoms with Gasteiger partial charge in [0.15, 0.2) is 0 Å². The number of hydrogen-bond donors (Lipinski definition) is 1. The van der Waals surface area contributed by atoms with E-state index in [0.29, 0.717) is 33.7 Å². The molecule has 3 aromatic carbocycles. The molecule has 0 heterocycles. The van der Waals surface area contributed by atoms with Gasteiger partial charge in [0.1, 0.15) is 24.0 Å². The van der Waals surface area contributed by atoms with Crippen molar-refractivity contribution in [1.29, 1.82) is 5.26 Å². The second kappa shape index (κ2) is 10.5. The Kier molecular flexibility index (Phi) is 7.75. The number of nitrogens with zero attached hydrogens (tertiary/aromatic N) is 1. The van der Waals surface area contributed by atoms with Gasteiger partial charge >= 0.3 is 0 Å². The van der Waals surface area contributed by atoms with Crippen molar-refractivity contribution in [2.75, 3.05) is 5.32 Å². The summed E-state index contributed by atoms with van der Waals surface area (Å²) in [6.45, 7) is 0.299. The molecule has 0 aromatic heterocycles. The second-order valence-electron chi connectivity index (χ2n) is 6.22. The molecular formula is C23H15Cl2IN2O2. The van der Waals surface area contributed by atoms with Crippen molar-refractivity contribution in [2.45, 2.75) is 6.61 Å². The number of nitriles is 1. The molecule has 1 amide bonds. The first-order chi connectivity index (χ1) is 14.4. The van der Waals surface area contributed by atoms with Crippen molar-refractivity contribution in [3.63, 3.8) is 0 Å². The molecule has 0 atom stereocenters. The number of hydrogen-bond acceptors (Lipinski definition) is 3. The van der Waals surface area contributed by atoms with Gasteiger partial charge in [-0.1, -0.05) is 41.4 Å². The van der Waals surface area contributed by atoms with Crippen LogP contribution >= 0.6 is 45.8 Å². The predicted molar refractivity (Wildman–Crippen MR) is 129 cm³/mol. The molecule has 0 spiro atoms. The monoisotopic (exact) mass is 548 g/mol. The molecule has 0 saturated heterocycles. The minimum atomic E-state index is -0.462. The Hall–Kier alpha value is -2.53. The first kappa shape index (κ1) is 22.2. The third-order valence-corrected chi connectivity index (χ3v) is 5.37. The molecule has 0 unspecified atom stereocenters. The Bertz CT molecular complexity index is 1120. The molecule has 3 rings (SSSR count). The lowest BCUT2D eigenvalue weighted by Crippen LogP contribution is -2.13. The third kappa shape index (κ3) is 6.23. The van der Waals surface area contributed by atoms with Crippen LogP contribution in [0.1, 0.15) is 11.1 Å².